The summed E-state index contributed by atoms with van der Waals surface area (Å²) in [6.45, 7) is 2.27. The summed E-state index contributed by atoms with van der Waals surface area (Å²) < 4.78 is 24.6. The van der Waals surface area contributed by atoms with Crippen molar-refractivity contribution in [2.45, 2.75) is 19.9 Å². The van der Waals surface area contributed by atoms with Gasteiger partial charge < -0.3 is 19.9 Å². The Bertz CT molecular complexity index is 1240. The maximum Gasteiger partial charge on any atom is 0.224 e. The zero-order valence-corrected chi connectivity index (χ0v) is 19.3. The molecule has 33 heavy (non-hydrogen) atoms. The molecule has 0 spiro atoms. The summed E-state index contributed by atoms with van der Waals surface area (Å²) in [4.78, 5) is 16.8. The molecule has 0 aliphatic heterocycles. The maximum atomic E-state index is 14.1. The van der Waals surface area contributed by atoms with E-state index < -0.39 is 0 Å². The Kier molecular flexibility index (Phi) is 6.46. The van der Waals surface area contributed by atoms with E-state index >= 15 is 0 Å². The van der Waals surface area contributed by atoms with Gasteiger partial charge in [-0.25, -0.2) is 9.37 Å². The molecule has 4 rings (SSSR count). The van der Waals surface area contributed by atoms with Crippen LogP contribution in [0.2, 0.25) is 0 Å². The molecule has 0 atom stereocenters. The van der Waals surface area contributed by atoms with Crippen molar-refractivity contribution < 1.29 is 23.8 Å². The third kappa shape index (κ3) is 4.61. The van der Waals surface area contributed by atoms with E-state index in [-0.39, 0.29) is 35.4 Å². The van der Waals surface area contributed by atoms with Crippen LogP contribution in [-0.4, -0.2) is 30.2 Å². The Morgan fingerprint density at radius 1 is 1.18 bits per heavy atom. The fraction of sp³-hybridized carbons (Fsp3) is 0.200. The molecule has 1 amide bonds. The van der Waals surface area contributed by atoms with Gasteiger partial charge in [0.05, 0.1) is 27.2 Å². The highest BCUT2D eigenvalue weighted by molar-refractivity contribution is 7.09. The lowest BCUT2D eigenvalue weighted by molar-refractivity contribution is -0.120. The zero-order valence-electron chi connectivity index (χ0n) is 18.4. The van der Waals surface area contributed by atoms with Crippen LogP contribution in [0, 0.1) is 5.82 Å². The number of hydrogen-bond donors (Lipinski definition) is 2. The number of thiazole rings is 1. The van der Waals surface area contributed by atoms with E-state index in [1.54, 1.807) is 24.4 Å². The Morgan fingerprint density at radius 3 is 2.55 bits per heavy atom. The van der Waals surface area contributed by atoms with Crippen LogP contribution in [-0.2, 0) is 11.3 Å². The number of allylic oxidation sites excluding steroid dienone is 2. The minimum Gasteiger partial charge on any atom is -0.502 e. The first kappa shape index (κ1) is 22.5. The fourth-order valence-corrected chi connectivity index (χ4v) is 4.44. The second kappa shape index (κ2) is 9.46. The smallest absolute Gasteiger partial charge is 0.224 e. The number of nitrogens with one attached hydrogen (secondary N) is 1. The molecular weight excluding hydrogens is 443 g/mol. The predicted octanol–water partition coefficient (Wildman–Crippen LogP) is 5.04. The molecule has 1 aliphatic carbocycles. The summed E-state index contributed by atoms with van der Waals surface area (Å²) >= 11 is 1.47. The Hall–Kier alpha value is -3.65. The highest BCUT2D eigenvalue weighted by Crippen LogP contribution is 2.45. The zero-order chi connectivity index (χ0) is 23.5. The van der Waals surface area contributed by atoms with Crippen LogP contribution in [0.15, 0.2) is 47.5 Å². The summed E-state index contributed by atoms with van der Waals surface area (Å²) in [5.41, 5.74) is 4.78. The number of aromatic nitrogens is 1. The number of benzene rings is 2. The van der Waals surface area contributed by atoms with Gasteiger partial charge in [0.1, 0.15) is 10.8 Å². The lowest BCUT2D eigenvalue weighted by Crippen LogP contribution is -2.22. The molecule has 3 aromatic rings. The molecule has 6 nitrogen and oxygen atoms in total. The minimum atomic E-state index is -0.364. The summed E-state index contributed by atoms with van der Waals surface area (Å²) in [7, 11) is 2.93. The number of nitrogens with zero attached hydrogens (tertiary/aromatic N) is 1. The third-order valence-electron chi connectivity index (χ3n) is 5.52. The second-order valence-electron chi connectivity index (χ2n) is 7.50. The second-order valence-corrected chi connectivity index (χ2v) is 8.48. The molecule has 8 heteroatoms. The lowest BCUT2D eigenvalue weighted by atomic mass is 10.00. The van der Waals surface area contributed by atoms with E-state index in [0.717, 1.165) is 32.9 Å². The SMILES string of the molecule is COc1cc(/C=C2/C(C)=C(CC(=O)NCc3nccs3)c3cc(F)ccc32)cc(OC)c1O. The van der Waals surface area contributed by atoms with Gasteiger partial charge in [0.2, 0.25) is 11.7 Å². The first-order chi connectivity index (χ1) is 15.9. The normalized spacial score (nSPS) is 13.9. The Balaban J connectivity index is 1.70. The van der Waals surface area contributed by atoms with Crippen molar-refractivity contribution in [3.05, 3.63) is 75.0 Å². The van der Waals surface area contributed by atoms with E-state index in [0.29, 0.717) is 12.1 Å². The van der Waals surface area contributed by atoms with Crippen molar-refractivity contribution >= 4 is 34.5 Å². The maximum absolute atomic E-state index is 14.1. The van der Waals surface area contributed by atoms with Gasteiger partial charge in [-0.05, 0) is 70.7 Å². The highest BCUT2D eigenvalue weighted by atomic mass is 32.1. The van der Waals surface area contributed by atoms with Crippen LogP contribution in [0.4, 0.5) is 4.39 Å². The van der Waals surface area contributed by atoms with Crippen molar-refractivity contribution in [1.29, 1.82) is 0 Å². The molecule has 2 N–H and O–H groups in total. The molecule has 0 radical (unpaired) electrons. The van der Waals surface area contributed by atoms with E-state index in [9.17, 15) is 14.3 Å². The topological polar surface area (TPSA) is 80.7 Å². The van der Waals surface area contributed by atoms with Crippen LogP contribution in [0.5, 0.6) is 17.2 Å². The van der Waals surface area contributed by atoms with Crippen molar-refractivity contribution in [2.24, 2.45) is 0 Å². The number of hydrogen-bond acceptors (Lipinski definition) is 6. The Labute approximate surface area is 195 Å². The third-order valence-corrected chi connectivity index (χ3v) is 6.30. The van der Waals surface area contributed by atoms with Crippen molar-refractivity contribution in [2.75, 3.05) is 14.2 Å². The first-order valence-electron chi connectivity index (χ1n) is 10.2. The number of halogens is 1. The van der Waals surface area contributed by atoms with Crippen LogP contribution in [0.3, 0.4) is 0 Å². The van der Waals surface area contributed by atoms with E-state index in [1.807, 2.05) is 18.4 Å². The summed E-state index contributed by atoms with van der Waals surface area (Å²) in [5.74, 6) is -0.0507. The Morgan fingerprint density at radius 2 is 1.91 bits per heavy atom. The monoisotopic (exact) mass is 466 g/mol. The number of carbonyl (C=O) groups is 1. The van der Waals surface area contributed by atoms with Gasteiger partial charge in [-0.3, -0.25) is 4.79 Å². The number of phenols is 1. The molecule has 1 aliphatic rings. The quantitative estimate of drug-likeness (QED) is 0.510. The van der Waals surface area contributed by atoms with Gasteiger partial charge in [0.25, 0.3) is 0 Å². The van der Waals surface area contributed by atoms with Gasteiger partial charge >= 0.3 is 0 Å². The molecule has 170 valence electrons. The fourth-order valence-electron chi connectivity index (χ4n) is 3.88. The highest BCUT2D eigenvalue weighted by Gasteiger charge is 2.26. The number of carbonyl (C=O) groups excluding carboxylic acids is 1. The number of fused-ring (bicyclic) bond motifs is 1. The van der Waals surface area contributed by atoms with Crippen LogP contribution < -0.4 is 14.8 Å². The first-order valence-corrected chi connectivity index (χ1v) is 11.1. The average Bonchev–Trinajstić information content (AvgIpc) is 3.41. The number of aromatic hydroxyl groups is 1. The van der Waals surface area contributed by atoms with Gasteiger partial charge in [0, 0.05) is 11.6 Å². The average molecular weight is 467 g/mol. The molecule has 0 bridgehead atoms. The van der Waals surface area contributed by atoms with Gasteiger partial charge in [0.15, 0.2) is 11.5 Å². The number of amides is 1. The standard InChI is InChI=1S/C25H23FN2O4S/c1-14-18(8-15-9-21(31-2)25(30)22(10-15)32-3)17-5-4-16(26)11-20(17)19(14)12-23(29)28-13-24-27-6-7-33-24/h4-11,30H,12-13H2,1-3H3,(H,28,29)/b18-8-. The van der Waals surface area contributed by atoms with Gasteiger partial charge in [-0.2, -0.15) is 0 Å². The minimum absolute atomic E-state index is 0.0825. The largest absolute Gasteiger partial charge is 0.502 e. The molecular formula is C25H23FN2O4S. The lowest BCUT2D eigenvalue weighted by Gasteiger charge is -2.11. The number of ether oxygens (including phenoxy) is 2. The van der Waals surface area contributed by atoms with Gasteiger partial charge in [-0.15, -0.1) is 11.3 Å². The van der Waals surface area contributed by atoms with E-state index in [4.69, 9.17) is 9.47 Å². The van der Waals surface area contributed by atoms with Crippen LogP contribution >= 0.6 is 11.3 Å². The molecule has 0 saturated heterocycles. The van der Waals surface area contributed by atoms with Crippen LogP contribution in [0.1, 0.15) is 35.0 Å². The molecule has 0 unspecified atom stereocenters. The van der Waals surface area contributed by atoms with E-state index in [2.05, 4.69) is 10.3 Å². The molecule has 1 aromatic heterocycles. The number of rotatable bonds is 7. The number of methoxy groups -OCH3 is 2. The summed E-state index contributed by atoms with van der Waals surface area (Å²) in [5, 5.41) is 15.8. The van der Waals surface area contributed by atoms with Crippen molar-refractivity contribution in [3.8, 4) is 17.2 Å². The predicted molar refractivity (Wildman–Crippen MR) is 127 cm³/mol. The van der Waals surface area contributed by atoms with Crippen molar-refractivity contribution in [1.82, 2.24) is 10.3 Å². The molecule has 2 aromatic carbocycles. The van der Waals surface area contributed by atoms with Gasteiger partial charge in [-0.1, -0.05) is 6.07 Å². The summed E-state index contributed by atoms with van der Waals surface area (Å²) in [6, 6.07) is 7.97. The van der Waals surface area contributed by atoms with E-state index in [1.165, 1.54) is 37.7 Å². The van der Waals surface area contributed by atoms with Crippen molar-refractivity contribution in [3.63, 3.8) is 0 Å². The summed E-state index contributed by atoms with van der Waals surface area (Å²) in [6.07, 6.45) is 3.73. The molecule has 0 saturated carbocycles. The molecule has 0 fully saturated rings. The van der Waals surface area contributed by atoms with Crippen LogP contribution in [0.25, 0.3) is 17.2 Å². The molecule has 1 heterocycles. The number of phenolic OH excluding ortho intramolecular Hbond substituents is 1.